The molecule has 1 aromatic rings. The first-order valence-electron chi connectivity index (χ1n) is 9.17. The molecule has 0 heterocycles. The number of aryl methyl sites for hydroxylation is 1. The predicted molar refractivity (Wildman–Crippen MR) is 113 cm³/mol. The molecule has 0 saturated heterocycles. The van der Waals surface area contributed by atoms with Crippen LogP contribution in [0.15, 0.2) is 60.7 Å². The SMILES string of the molecule is C=C/C=C(/Cc1ccccc1C)C(=C)C.CC.CC.CC.CC. The fourth-order valence-corrected chi connectivity index (χ4v) is 1.51. The first kappa shape index (κ1) is 29.5. The Morgan fingerprint density at radius 3 is 1.70 bits per heavy atom. The summed E-state index contributed by atoms with van der Waals surface area (Å²) >= 11 is 0. The van der Waals surface area contributed by atoms with Gasteiger partial charge in [0.2, 0.25) is 0 Å². The highest BCUT2D eigenvalue weighted by Gasteiger charge is 2.01. The zero-order valence-electron chi connectivity index (χ0n) is 17.6. The molecule has 0 nitrogen and oxygen atoms in total. The average molecular weight is 319 g/mol. The summed E-state index contributed by atoms with van der Waals surface area (Å²) in [6, 6.07) is 8.44. The molecule has 0 fully saturated rings. The van der Waals surface area contributed by atoms with Gasteiger partial charge in [0.05, 0.1) is 0 Å². The molecule has 0 atom stereocenters. The van der Waals surface area contributed by atoms with Crippen LogP contribution in [-0.2, 0) is 6.42 Å². The minimum atomic E-state index is 0.939. The van der Waals surface area contributed by atoms with E-state index in [2.05, 4.69) is 44.3 Å². The van der Waals surface area contributed by atoms with E-state index < -0.39 is 0 Å². The summed E-state index contributed by atoms with van der Waals surface area (Å²) in [6.45, 7) is 27.9. The molecule has 0 aromatic heterocycles. The van der Waals surface area contributed by atoms with Gasteiger partial charge in [0, 0.05) is 0 Å². The zero-order chi connectivity index (χ0) is 19.3. The van der Waals surface area contributed by atoms with E-state index in [1.807, 2.05) is 74.5 Å². The zero-order valence-corrected chi connectivity index (χ0v) is 17.6. The summed E-state index contributed by atoms with van der Waals surface area (Å²) in [5.41, 5.74) is 5.04. The molecule has 0 N–H and O–H groups in total. The standard InChI is InChI=1S/C15H18.4C2H6/c1-5-8-14(12(2)3)11-15-10-7-6-9-13(15)4;4*1-2/h5-10H,1-2,11H2,3-4H3;4*1-2H3/b14-8-;;;;. The number of hydrogen-bond donors (Lipinski definition) is 0. The summed E-state index contributed by atoms with van der Waals surface area (Å²) in [5.74, 6) is 0. The van der Waals surface area contributed by atoms with Gasteiger partial charge in [0.15, 0.2) is 0 Å². The molecule has 0 aliphatic rings. The summed E-state index contributed by atoms with van der Waals surface area (Å²) in [6.07, 6.45) is 4.80. The Kier molecular flexibility index (Phi) is 32.5. The van der Waals surface area contributed by atoms with Gasteiger partial charge >= 0.3 is 0 Å². The van der Waals surface area contributed by atoms with Gasteiger partial charge in [-0.1, -0.05) is 111 Å². The van der Waals surface area contributed by atoms with E-state index in [-0.39, 0.29) is 0 Å². The fourth-order valence-electron chi connectivity index (χ4n) is 1.51. The number of allylic oxidation sites excluding steroid dienone is 4. The van der Waals surface area contributed by atoms with Crippen LogP contribution in [0.4, 0.5) is 0 Å². The van der Waals surface area contributed by atoms with E-state index in [4.69, 9.17) is 0 Å². The predicted octanol–water partition coefficient (Wildman–Crippen LogP) is 8.33. The van der Waals surface area contributed by atoms with Gasteiger partial charge in [-0.05, 0) is 37.0 Å². The van der Waals surface area contributed by atoms with Gasteiger partial charge in [-0.3, -0.25) is 0 Å². The number of benzene rings is 1. The van der Waals surface area contributed by atoms with Gasteiger partial charge < -0.3 is 0 Å². The van der Waals surface area contributed by atoms with Crippen molar-refractivity contribution >= 4 is 0 Å². The maximum atomic E-state index is 3.98. The second-order valence-electron chi connectivity index (χ2n) is 3.81. The summed E-state index contributed by atoms with van der Waals surface area (Å²) in [7, 11) is 0. The van der Waals surface area contributed by atoms with Crippen molar-refractivity contribution in [3.05, 3.63) is 71.8 Å². The van der Waals surface area contributed by atoms with Crippen molar-refractivity contribution in [3.63, 3.8) is 0 Å². The van der Waals surface area contributed by atoms with Crippen molar-refractivity contribution in [1.29, 1.82) is 0 Å². The Morgan fingerprint density at radius 2 is 1.35 bits per heavy atom. The van der Waals surface area contributed by atoms with Gasteiger partial charge in [-0.15, -0.1) is 0 Å². The molecule has 0 heteroatoms. The monoisotopic (exact) mass is 318 g/mol. The van der Waals surface area contributed by atoms with Crippen molar-refractivity contribution in [2.24, 2.45) is 0 Å². The van der Waals surface area contributed by atoms with Crippen molar-refractivity contribution in [2.45, 2.75) is 75.7 Å². The van der Waals surface area contributed by atoms with Crippen LogP contribution in [0.2, 0.25) is 0 Å². The van der Waals surface area contributed by atoms with Crippen LogP contribution in [-0.4, -0.2) is 0 Å². The Hall–Kier alpha value is -1.56. The van der Waals surface area contributed by atoms with Crippen LogP contribution in [0, 0.1) is 6.92 Å². The molecule has 0 saturated carbocycles. The summed E-state index contributed by atoms with van der Waals surface area (Å²) < 4.78 is 0. The molecule has 0 bridgehead atoms. The maximum absolute atomic E-state index is 3.98. The lowest BCUT2D eigenvalue weighted by molar-refractivity contribution is 1.12. The Morgan fingerprint density at radius 1 is 0.913 bits per heavy atom. The van der Waals surface area contributed by atoms with Gasteiger partial charge in [-0.2, -0.15) is 0 Å². The van der Waals surface area contributed by atoms with Crippen LogP contribution in [0.1, 0.15) is 73.4 Å². The van der Waals surface area contributed by atoms with Crippen molar-refractivity contribution in [1.82, 2.24) is 0 Å². The second kappa shape index (κ2) is 25.4. The molecule has 1 rings (SSSR count). The highest BCUT2D eigenvalue weighted by atomic mass is 14.1. The van der Waals surface area contributed by atoms with Gasteiger partial charge in [0.25, 0.3) is 0 Å². The van der Waals surface area contributed by atoms with Crippen LogP contribution < -0.4 is 0 Å². The van der Waals surface area contributed by atoms with Crippen molar-refractivity contribution in [3.8, 4) is 0 Å². The summed E-state index contributed by atoms with van der Waals surface area (Å²) in [4.78, 5) is 0. The molecule has 134 valence electrons. The molecular weight excluding hydrogens is 276 g/mol. The first-order chi connectivity index (χ1) is 11.1. The lowest BCUT2D eigenvalue weighted by atomic mass is 9.97. The highest BCUT2D eigenvalue weighted by Crippen LogP contribution is 2.17. The lowest BCUT2D eigenvalue weighted by Crippen LogP contribution is -1.94. The van der Waals surface area contributed by atoms with Gasteiger partial charge in [-0.25, -0.2) is 0 Å². The van der Waals surface area contributed by atoms with Crippen molar-refractivity contribution in [2.75, 3.05) is 0 Å². The second-order valence-corrected chi connectivity index (χ2v) is 3.81. The van der Waals surface area contributed by atoms with Crippen LogP contribution in [0.25, 0.3) is 0 Å². The first-order valence-corrected chi connectivity index (χ1v) is 9.17. The topological polar surface area (TPSA) is 0 Å². The minimum absolute atomic E-state index is 0.939. The smallest absolute Gasteiger partial charge is 0.00207 e. The van der Waals surface area contributed by atoms with E-state index in [9.17, 15) is 0 Å². The molecule has 0 aliphatic carbocycles. The minimum Gasteiger partial charge on any atom is -0.0991 e. The van der Waals surface area contributed by atoms with E-state index in [1.54, 1.807) is 0 Å². The number of hydrogen-bond acceptors (Lipinski definition) is 0. The molecule has 0 aliphatic heterocycles. The largest absolute Gasteiger partial charge is 0.0991 e. The average Bonchev–Trinajstić information content (AvgIpc) is 2.63. The third kappa shape index (κ3) is 16.6. The molecule has 1 aromatic carbocycles. The van der Waals surface area contributed by atoms with Crippen LogP contribution >= 0.6 is 0 Å². The van der Waals surface area contributed by atoms with Gasteiger partial charge in [0.1, 0.15) is 0 Å². The normalized spacial score (nSPS) is 8.35. The van der Waals surface area contributed by atoms with Crippen molar-refractivity contribution < 1.29 is 0 Å². The van der Waals surface area contributed by atoms with E-state index in [1.165, 1.54) is 16.7 Å². The Bertz CT molecular complexity index is 394. The van der Waals surface area contributed by atoms with E-state index >= 15 is 0 Å². The van der Waals surface area contributed by atoms with E-state index in [0.29, 0.717) is 0 Å². The molecular formula is C23H42. The van der Waals surface area contributed by atoms with Crippen LogP contribution in [0.3, 0.4) is 0 Å². The third-order valence-electron chi connectivity index (χ3n) is 2.51. The molecule has 0 radical (unpaired) electrons. The quantitative estimate of drug-likeness (QED) is 0.489. The van der Waals surface area contributed by atoms with Crippen LogP contribution in [0.5, 0.6) is 0 Å². The molecule has 0 amide bonds. The lowest BCUT2D eigenvalue weighted by Gasteiger charge is -2.09. The molecule has 23 heavy (non-hydrogen) atoms. The number of rotatable bonds is 4. The summed E-state index contributed by atoms with van der Waals surface area (Å²) in [5, 5.41) is 0. The Labute approximate surface area is 148 Å². The highest BCUT2D eigenvalue weighted by molar-refractivity contribution is 5.37. The third-order valence-corrected chi connectivity index (χ3v) is 2.51. The Balaban J connectivity index is -0.000000196. The maximum Gasteiger partial charge on any atom is -0.00207 e. The van der Waals surface area contributed by atoms with E-state index in [0.717, 1.165) is 12.0 Å². The fraction of sp³-hybridized carbons (Fsp3) is 0.478. The molecule has 0 unspecified atom stereocenters. The molecule has 0 spiro atoms.